The molecule has 110 valence electrons. The van der Waals surface area contributed by atoms with Gasteiger partial charge >= 0.3 is 0 Å². The molecule has 1 heterocycles. The highest BCUT2D eigenvalue weighted by Gasteiger charge is 2.14. The van der Waals surface area contributed by atoms with Crippen molar-refractivity contribution in [2.45, 2.75) is 20.8 Å². The van der Waals surface area contributed by atoms with Crippen molar-refractivity contribution in [3.63, 3.8) is 0 Å². The predicted octanol–water partition coefficient (Wildman–Crippen LogP) is 4.68. The van der Waals surface area contributed by atoms with Gasteiger partial charge in [0, 0.05) is 16.7 Å². The number of hydrogen-bond donors (Lipinski definition) is 0. The van der Waals surface area contributed by atoms with E-state index in [1.54, 1.807) is 13.8 Å². The molecule has 2 aromatic carbocycles. The number of fused-ring (bicyclic) bond motifs is 1. The smallest absolute Gasteiger partial charge is 0.161 e. The first-order valence-corrected chi connectivity index (χ1v) is 7.81. The molecule has 0 radical (unpaired) electrons. The number of Topliss-reactive ketones (excluding diaryl/α,β-unsaturated/α-hetero) is 2. The van der Waals surface area contributed by atoms with Gasteiger partial charge in [0.05, 0.1) is 15.2 Å². The number of aromatic nitrogens is 1. The van der Waals surface area contributed by atoms with Gasteiger partial charge in [0.2, 0.25) is 0 Å². The largest absolute Gasteiger partial charge is 0.295 e. The van der Waals surface area contributed by atoms with Gasteiger partial charge in [-0.3, -0.25) is 9.59 Å². The predicted molar refractivity (Wildman–Crippen MR) is 89.8 cm³/mol. The molecule has 0 aliphatic heterocycles. The molecular formula is C18H15NO2S. The van der Waals surface area contributed by atoms with E-state index in [1.165, 1.54) is 11.3 Å². The Balaban J connectivity index is 2.21. The molecule has 22 heavy (non-hydrogen) atoms. The fraction of sp³-hybridized carbons (Fsp3) is 0.167. The molecule has 3 nitrogen and oxygen atoms in total. The molecule has 0 saturated carbocycles. The summed E-state index contributed by atoms with van der Waals surface area (Å²) in [4.78, 5) is 27.7. The van der Waals surface area contributed by atoms with Crippen LogP contribution in [0.3, 0.4) is 0 Å². The van der Waals surface area contributed by atoms with Gasteiger partial charge in [0.1, 0.15) is 0 Å². The normalized spacial score (nSPS) is 10.9. The number of ketones is 2. The zero-order valence-electron chi connectivity index (χ0n) is 12.6. The van der Waals surface area contributed by atoms with Crippen LogP contribution in [0.2, 0.25) is 0 Å². The molecule has 0 fully saturated rings. The molecular weight excluding hydrogens is 294 g/mol. The maximum absolute atomic E-state index is 11.8. The second-order valence-corrected chi connectivity index (χ2v) is 6.46. The minimum absolute atomic E-state index is 0.0483. The van der Waals surface area contributed by atoms with E-state index in [9.17, 15) is 9.59 Å². The monoisotopic (exact) mass is 309 g/mol. The van der Waals surface area contributed by atoms with E-state index >= 15 is 0 Å². The van der Waals surface area contributed by atoms with Crippen molar-refractivity contribution < 1.29 is 9.59 Å². The Bertz CT molecular complexity index is 891. The van der Waals surface area contributed by atoms with Crippen LogP contribution in [-0.4, -0.2) is 16.6 Å². The Labute approximate surface area is 132 Å². The van der Waals surface area contributed by atoms with E-state index < -0.39 is 0 Å². The average Bonchev–Trinajstić information content (AvgIpc) is 2.87. The second-order valence-electron chi connectivity index (χ2n) is 5.26. The number of carbonyl (C=O) groups excluding carboxylic acids is 2. The minimum Gasteiger partial charge on any atom is -0.295 e. The zero-order chi connectivity index (χ0) is 15.9. The molecule has 1 aromatic heterocycles. The Morgan fingerprint density at radius 3 is 2.23 bits per heavy atom. The lowest BCUT2D eigenvalue weighted by Gasteiger charge is -2.06. The van der Waals surface area contributed by atoms with Gasteiger partial charge in [-0.2, -0.15) is 0 Å². The highest BCUT2D eigenvalue weighted by molar-refractivity contribution is 7.19. The topological polar surface area (TPSA) is 47.0 Å². The van der Waals surface area contributed by atoms with Gasteiger partial charge in [-0.25, -0.2) is 4.98 Å². The third-order valence-electron chi connectivity index (χ3n) is 3.63. The van der Waals surface area contributed by atoms with Crippen LogP contribution in [0.15, 0.2) is 36.4 Å². The lowest BCUT2D eigenvalue weighted by molar-refractivity contribution is 0.101. The number of benzene rings is 2. The van der Waals surface area contributed by atoms with Crippen molar-refractivity contribution in [3.8, 4) is 11.1 Å². The summed E-state index contributed by atoms with van der Waals surface area (Å²) in [5.74, 6) is 0.0975. The summed E-state index contributed by atoms with van der Waals surface area (Å²) < 4.78 is 0.929. The Hall–Kier alpha value is -2.33. The minimum atomic E-state index is 0.0483. The van der Waals surface area contributed by atoms with E-state index in [1.807, 2.05) is 43.3 Å². The van der Waals surface area contributed by atoms with Gasteiger partial charge in [-0.1, -0.05) is 30.3 Å². The van der Waals surface area contributed by atoms with Crippen LogP contribution < -0.4 is 0 Å². The highest BCUT2D eigenvalue weighted by Crippen LogP contribution is 2.34. The molecule has 0 atom stereocenters. The van der Waals surface area contributed by atoms with Gasteiger partial charge in [0.15, 0.2) is 11.6 Å². The molecule has 0 saturated heterocycles. The number of rotatable bonds is 3. The first kappa shape index (κ1) is 14.6. The Morgan fingerprint density at radius 2 is 1.64 bits per heavy atom. The van der Waals surface area contributed by atoms with Crippen LogP contribution in [0.1, 0.15) is 39.6 Å². The molecule has 4 heteroatoms. The quantitative estimate of drug-likeness (QED) is 0.660. The van der Waals surface area contributed by atoms with Crippen molar-refractivity contribution >= 4 is 33.1 Å². The van der Waals surface area contributed by atoms with E-state index in [-0.39, 0.29) is 11.6 Å². The maximum atomic E-state index is 11.8. The fourth-order valence-corrected chi connectivity index (χ4v) is 3.51. The standard InChI is InChI=1S/C18H15NO2S/c1-10(20)13-4-6-14(7-5-13)16-9-8-15(11(2)21)18-17(16)19-12(3)22-18/h4-9H,1-3H3. The first-order valence-electron chi connectivity index (χ1n) is 7.00. The van der Waals surface area contributed by atoms with Gasteiger partial charge in [0.25, 0.3) is 0 Å². The van der Waals surface area contributed by atoms with E-state index in [2.05, 4.69) is 4.98 Å². The summed E-state index contributed by atoms with van der Waals surface area (Å²) in [6.07, 6.45) is 0. The summed E-state index contributed by atoms with van der Waals surface area (Å²) in [6, 6.07) is 11.3. The molecule has 0 N–H and O–H groups in total. The summed E-state index contributed by atoms with van der Waals surface area (Å²) in [5, 5.41) is 0.935. The van der Waals surface area contributed by atoms with Crippen LogP contribution in [0.4, 0.5) is 0 Å². The molecule has 0 aliphatic rings. The van der Waals surface area contributed by atoms with Crippen LogP contribution in [0, 0.1) is 6.92 Å². The lowest BCUT2D eigenvalue weighted by atomic mass is 9.99. The number of aryl methyl sites for hydroxylation is 1. The van der Waals surface area contributed by atoms with Crippen LogP contribution in [0.5, 0.6) is 0 Å². The summed E-state index contributed by atoms with van der Waals surface area (Å²) >= 11 is 1.54. The fourth-order valence-electron chi connectivity index (χ4n) is 2.51. The molecule has 3 rings (SSSR count). The second kappa shape index (κ2) is 5.46. The van der Waals surface area contributed by atoms with Crippen molar-refractivity contribution in [2.24, 2.45) is 0 Å². The van der Waals surface area contributed by atoms with E-state index in [0.29, 0.717) is 11.1 Å². The SMILES string of the molecule is CC(=O)c1ccc(-c2ccc(C(C)=O)c3sc(C)nc23)cc1. The Morgan fingerprint density at radius 1 is 0.955 bits per heavy atom. The summed E-state index contributed by atoms with van der Waals surface area (Å²) in [6.45, 7) is 5.07. The average molecular weight is 309 g/mol. The Kier molecular flexibility index (Phi) is 3.62. The van der Waals surface area contributed by atoms with Gasteiger partial charge in [-0.15, -0.1) is 11.3 Å². The first-order chi connectivity index (χ1) is 10.5. The van der Waals surface area contributed by atoms with Crippen LogP contribution in [0.25, 0.3) is 21.3 Å². The highest BCUT2D eigenvalue weighted by atomic mass is 32.1. The van der Waals surface area contributed by atoms with Crippen LogP contribution in [-0.2, 0) is 0 Å². The molecule has 0 unspecified atom stereocenters. The number of carbonyl (C=O) groups is 2. The van der Waals surface area contributed by atoms with Gasteiger partial charge in [-0.05, 0) is 32.4 Å². The molecule has 0 spiro atoms. The van der Waals surface area contributed by atoms with Crippen molar-refractivity contribution in [3.05, 3.63) is 52.5 Å². The molecule has 0 aliphatic carbocycles. The van der Waals surface area contributed by atoms with E-state index in [4.69, 9.17) is 0 Å². The third-order valence-corrected chi connectivity index (χ3v) is 4.64. The van der Waals surface area contributed by atoms with E-state index in [0.717, 1.165) is 26.4 Å². The molecule has 0 amide bonds. The van der Waals surface area contributed by atoms with Crippen molar-refractivity contribution in [1.82, 2.24) is 4.98 Å². The number of nitrogens with zero attached hydrogens (tertiary/aromatic N) is 1. The molecule has 0 bridgehead atoms. The van der Waals surface area contributed by atoms with Crippen molar-refractivity contribution in [1.29, 1.82) is 0 Å². The molecule has 3 aromatic rings. The zero-order valence-corrected chi connectivity index (χ0v) is 13.5. The maximum Gasteiger partial charge on any atom is 0.161 e. The number of hydrogen-bond acceptors (Lipinski definition) is 4. The van der Waals surface area contributed by atoms with Gasteiger partial charge < -0.3 is 0 Å². The lowest BCUT2D eigenvalue weighted by Crippen LogP contribution is -1.94. The summed E-state index contributed by atoms with van der Waals surface area (Å²) in [5.41, 5.74) is 4.24. The summed E-state index contributed by atoms with van der Waals surface area (Å²) in [7, 11) is 0. The third kappa shape index (κ3) is 2.46. The number of thiazole rings is 1. The van der Waals surface area contributed by atoms with Crippen molar-refractivity contribution in [2.75, 3.05) is 0 Å². The van der Waals surface area contributed by atoms with Crippen LogP contribution >= 0.6 is 11.3 Å².